The number of benzene rings is 2. The van der Waals surface area contributed by atoms with E-state index in [2.05, 4.69) is 4.90 Å². The maximum atomic E-state index is 14.0. The van der Waals surface area contributed by atoms with Crippen molar-refractivity contribution < 1.29 is 13.9 Å². The van der Waals surface area contributed by atoms with Crippen molar-refractivity contribution in [3.05, 3.63) is 64.4 Å². The van der Waals surface area contributed by atoms with E-state index in [0.29, 0.717) is 13.1 Å². The zero-order chi connectivity index (χ0) is 18.5. The minimum Gasteiger partial charge on any atom is -0.497 e. The first-order valence-electron chi connectivity index (χ1n) is 8.67. The van der Waals surface area contributed by atoms with Crippen LogP contribution in [0.1, 0.15) is 22.3 Å². The Labute approximate surface area is 158 Å². The fraction of sp³-hybridized carbons (Fsp3) is 0.350. The van der Waals surface area contributed by atoms with Crippen molar-refractivity contribution in [2.75, 3.05) is 33.3 Å². The Bertz CT molecular complexity index is 747. The van der Waals surface area contributed by atoms with Crippen molar-refractivity contribution >= 4 is 17.5 Å². The van der Waals surface area contributed by atoms with Gasteiger partial charge in [-0.05, 0) is 36.2 Å². The highest BCUT2D eigenvalue weighted by molar-refractivity contribution is 6.33. The quantitative estimate of drug-likeness (QED) is 0.812. The largest absolute Gasteiger partial charge is 0.497 e. The van der Waals surface area contributed by atoms with Crippen LogP contribution in [0.5, 0.6) is 5.75 Å². The predicted molar refractivity (Wildman–Crippen MR) is 100 cm³/mol. The second kappa shape index (κ2) is 8.52. The molecule has 1 amide bonds. The first kappa shape index (κ1) is 18.7. The molecule has 0 spiro atoms. The fourth-order valence-corrected chi connectivity index (χ4v) is 3.43. The highest BCUT2D eigenvalue weighted by Gasteiger charge is 2.24. The van der Waals surface area contributed by atoms with Crippen LogP contribution in [0.4, 0.5) is 4.39 Å². The van der Waals surface area contributed by atoms with Gasteiger partial charge in [0.1, 0.15) is 11.6 Å². The molecule has 1 saturated heterocycles. The van der Waals surface area contributed by atoms with Crippen LogP contribution in [-0.4, -0.2) is 49.0 Å². The summed E-state index contributed by atoms with van der Waals surface area (Å²) >= 11 is 6.04. The Morgan fingerprint density at radius 3 is 2.58 bits per heavy atom. The zero-order valence-electron chi connectivity index (χ0n) is 14.8. The van der Waals surface area contributed by atoms with E-state index in [1.165, 1.54) is 17.7 Å². The van der Waals surface area contributed by atoms with Crippen LogP contribution in [0.25, 0.3) is 0 Å². The van der Waals surface area contributed by atoms with Crippen molar-refractivity contribution in [2.24, 2.45) is 0 Å². The van der Waals surface area contributed by atoms with E-state index in [1.807, 2.05) is 24.3 Å². The van der Waals surface area contributed by atoms with Crippen LogP contribution in [0.15, 0.2) is 42.5 Å². The summed E-state index contributed by atoms with van der Waals surface area (Å²) in [6.07, 6.45) is 0.841. The van der Waals surface area contributed by atoms with Crippen molar-refractivity contribution in [1.82, 2.24) is 9.80 Å². The fourth-order valence-electron chi connectivity index (χ4n) is 3.18. The van der Waals surface area contributed by atoms with Gasteiger partial charge < -0.3 is 9.64 Å². The van der Waals surface area contributed by atoms with E-state index in [-0.39, 0.29) is 16.5 Å². The van der Waals surface area contributed by atoms with E-state index in [1.54, 1.807) is 18.1 Å². The number of hydrogen-bond acceptors (Lipinski definition) is 3. The van der Waals surface area contributed by atoms with Crippen LogP contribution < -0.4 is 4.74 Å². The standard InChI is InChI=1S/C20H22ClFN2O2/c1-26-16-8-6-15(7-9-16)14-23-10-3-11-24(13-12-23)20(25)19-17(21)4-2-5-18(19)22/h2,4-9H,3,10-14H2,1H3. The predicted octanol–water partition coefficient (Wildman–Crippen LogP) is 3.84. The minimum absolute atomic E-state index is 0.0298. The molecule has 4 nitrogen and oxygen atoms in total. The first-order valence-corrected chi connectivity index (χ1v) is 9.05. The highest BCUT2D eigenvalue weighted by atomic mass is 35.5. The summed E-state index contributed by atoms with van der Waals surface area (Å²) in [4.78, 5) is 16.7. The summed E-state index contributed by atoms with van der Waals surface area (Å²) in [7, 11) is 1.65. The Kier molecular flexibility index (Phi) is 6.12. The maximum absolute atomic E-state index is 14.0. The van der Waals surface area contributed by atoms with Gasteiger partial charge in [-0.25, -0.2) is 4.39 Å². The molecule has 1 aliphatic rings. The van der Waals surface area contributed by atoms with Crippen LogP contribution in [0, 0.1) is 5.82 Å². The molecule has 3 rings (SSSR count). The van der Waals surface area contributed by atoms with Crippen molar-refractivity contribution in [3.8, 4) is 5.75 Å². The molecule has 0 atom stereocenters. The molecule has 138 valence electrons. The molecule has 0 unspecified atom stereocenters. The summed E-state index contributed by atoms with van der Waals surface area (Å²) in [5.74, 6) is -0.0654. The third-order valence-corrected chi connectivity index (χ3v) is 4.93. The molecule has 6 heteroatoms. The SMILES string of the molecule is COc1ccc(CN2CCCN(C(=O)c3c(F)cccc3Cl)CC2)cc1. The molecule has 26 heavy (non-hydrogen) atoms. The molecule has 0 aromatic heterocycles. The molecule has 0 saturated carbocycles. The molecule has 0 aliphatic carbocycles. The number of ether oxygens (including phenoxy) is 1. The van der Waals surface area contributed by atoms with E-state index in [0.717, 1.165) is 31.8 Å². The maximum Gasteiger partial charge on any atom is 0.258 e. The van der Waals surface area contributed by atoms with Crippen LogP contribution >= 0.6 is 11.6 Å². The van der Waals surface area contributed by atoms with Crippen LogP contribution in [0.3, 0.4) is 0 Å². The summed E-state index contributed by atoms with van der Waals surface area (Å²) in [6.45, 7) is 3.60. The topological polar surface area (TPSA) is 32.8 Å². The van der Waals surface area contributed by atoms with Gasteiger partial charge >= 0.3 is 0 Å². The Morgan fingerprint density at radius 2 is 1.88 bits per heavy atom. The molecular formula is C20H22ClFN2O2. The molecule has 2 aromatic rings. The Hall–Kier alpha value is -2.11. The lowest BCUT2D eigenvalue weighted by molar-refractivity contribution is 0.0756. The summed E-state index contributed by atoms with van der Waals surface area (Å²) < 4.78 is 19.2. The number of rotatable bonds is 4. The zero-order valence-corrected chi connectivity index (χ0v) is 15.5. The van der Waals surface area contributed by atoms with E-state index < -0.39 is 5.82 Å². The van der Waals surface area contributed by atoms with Gasteiger partial charge in [-0.3, -0.25) is 9.69 Å². The average molecular weight is 377 g/mol. The smallest absolute Gasteiger partial charge is 0.258 e. The van der Waals surface area contributed by atoms with Gasteiger partial charge in [0, 0.05) is 32.7 Å². The molecular weight excluding hydrogens is 355 g/mol. The van der Waals surface area contributed by atoms with E-state index in [9.17, 15) is 9.18 Å². The molecule has 1 aliphatic heterocycles. The summed E-state index contributed by atoms with van der Waals surface area (Å²) in [5.41, 5.74) is 1.17. The molecule has 0 bridgehead atoms. The second-order valence-corrected chi connectivity index (χ2v) is 6.77. The Balaban J connectivity index is 1.63. The number of methoxy groups -OCH3 is 1. The normalized spacial score (nSPS) is 15.6. The molecule has 1 fully saturated rings. The number of carbonyl (C=O) groups excluding carboxylic acids is 1. The van der Waals surface area contributed by atoms with Gasteiger partial charge in [0.15, 0.2) is 0 Å². The molecule has 0 N–H and O–H groups in total. The minimum atomic E-state index is -0.568. The van der Waals surface area contributed by atoms with Gasteiger partial charge in [0.05, 0.1) is 17.7 Å². The van der Waals surface area contributed by atoms with Gasteiger partial charge in [0.2, 0.25) is 0 Å². The number of amides is 1. The Morgan fingerprint density at radius 1 is 1.12 bits per heavy atom. The first-order chi connectivity index (χ1) is 12.6. The highest BCUT2D eigenvalue weighted by Crippen LogP contribution is 2.22. The van der Waals surface area contributed by atoms with Gasteiger partial charge in [-0.15, -0.1) is 0 Å². The molecule has 1 heterocycles. The number of carbonyl (C=O) groups is 1. The van der Waals surface area contributed by atoms with Crippen LogP contribution in [-0.2, 0) is 6.54 Å². The third-order valence-electron chi connectivity index (χ3n) is 4.62. The molecule has 2 aromatic carbocycles. The number of nitrogens with zero attached hydrogens (tertiary/aromatic N) is 2. The van der Waals surface area contributed by atoms with Gasteiger partial charge in [0.25, 0.3) is 5.91 Å². The average Bonchev–Trinajstić information content (AvgIpc) is 2.88. The second-order valence-electron chi connectivity index (χ2n) is 6.37. The van der Waals surface area contributed by atoms with Crippen molar-refractivity contribution in [1.29, 1.82) is 0 Å². The summed E-state index contributed by atoms with van der Waals surface area (Å²) in [5, 5.41) is 0.161. The van der Waals surface area contributed by atoms with Crippen molar-refractivity contribution in [3.63, 3.8) is 0 Å². The third kappa shape index (κ3) is 4.34. The monoisotopic (exact) mass is 376 g/mol. The number of hydrogen-bond donors (Lipinski definition) is 0. The van der Waals surface area contributed by atoms with Gasteiger partial charge in [-0.2, -0.15) is 0 Å². The van der Waals surface area contributed by atoms with Gasteiger partial charge in [-0.1, -0.05) is 29.8 Å². The lowest BCUT2D eigenvalue weighted by atomic mass is 10.1. The lowest BCUT2D eigenvalue weighted by Gasteiger charge is -2.22. The van der Waals surface area contributed by atoms with Crippen LogP contribution in [0.2, 0.25) is 5.02 Å². The number of halogens is 2. The van der Waals surface area contributed by atoms with Crippen molar-refractivity contribution in [2.45, 2.75) is 13.0 Å². The van der Waals surface area contributed by atoms with E-state index in [4.69, 9.17) is 16.3 Å². The summed E-state index contributed by atoms with van der Waals surface area (Å²) in [6, 6.07) is 12.3. The lowest BCUT2D eigenvalue weighted by Crippen LogP contribution is -2.35. The van der Waals surface area contributed by atoms with E-state index >= 15 is 0 Å². The molecule has 0 radical (unpaired) electrons.